The molecule has 2 aromatic carbocycles. The number of amides is 1. The number of carbonyl (C=O) groups excluding carboxylic acids is 1. The minimum atomic E-state index is -0.0645. The molecule has 0 aliphatic rings. The molecule has 0 radical (unpaired) electrons. The number of nitrogens with zero attached hydrogens (tertiary/aromatic N) is 1. The van der Waals surface area contributed by atoms with Gasteiger partial charge in [-0.15, -0.1) is 0 Å². The second-order valence-electron chi connectivity index (χ2n) is 7.70. The summed E-state index contributed by atoms with van der Waals surface area (Å²) in [7, 11) is 1.62. The van der Waals surface area contributed by atoms with Gasteiger partial charge >= 0.3 is 0 Å². The van der Waals surface area contributed by atoms with Crippen LogP contribution >= 0.6 is 11.6 Å². The van der Waals surface area contributed by atoms with Gasteiger partial charge in [0.25, 0.3) is 5.91 Å². The van der Waals surface area contributed by atoms with Crippen molar-refractivity contribution in [2.24, 2.45) is 5.92 Å². The molecule has 164 valence electrons. The van der Waals surface area contributed by atoms with Crippen molar-refractivity contribution >= 4 is 17.5 Å². The molecule has 0 bridgehead atoms. The van der Waals surface area contributed by atoms with Crippen molar-refractivity contribution in [1.29, 1.82) is 0 Å². The summed E-state index contributed by atoms with van der Waals surface area (Å²) in [5.74, 6) is 2.41. The summed E-state index contributed by atoms with van der Waals surface area (Å²) in [6.45, 7) is 9.89. The van der Waals surface area contributed by atoms with E-state index >= 15 is 0 Å². The van der Waals surface area contributed by atoms with E-state index < -0.39 is 0 Å². The molecule has 0 saturated heterocycles. The van der Waals surface area contributed by atoms with Gasteiger partial charge in [-0.1, -0.05) is 38.4 Å². The third kappa shape index (κ3) is 7.13. The highest BCUT2D eigenvalue weighted by Gasteiger charge is 2.16. The number of hydrogen-bond donors (Lipinski definition) is 0. The molecular formula is C24H32ClNO4. The van der Waals surface area contributed by atoms with Crippen molar-refractivity contribution in [3.05, 3.63) is 52.5 Å². The van der Waals surface area contributed by atoms with Crippen molar-refractivity contribution in [2.45, 2.75) is 40.7 Å². The molecule has 6 heteroatoms. The largest absolute Gasteiger partial charge is 0.493 e. The number of benzene rings is 2. The maximum Gasteiger partial charge on any atom is 0.260 e. The fraction of sp³-hybridized carbons (Fsp3) is 0.458. The Kier molecular flexibility index (Phi) is 9.31. The van der Waals surface area contributed by atoms with Crippen molar-refractivity contribution in [3.8, 4) is 17.2 Å². The van der Waals surface area contributed by atoms with E-state index in [1.807, 2.05) is 38.1 Å². The first-order chi connectivity index (χ1) is 14.3. The van der Waals surface area contributed by atoms with E-state index in [0.29, 0.717) is 47.9 Å². The van der Waals surface area contributed by atoms with Crippen LogP contribution in [0.2, 0.25) is 5.02 Å². The van der Waals surface area contributed by atoms with Crippen LogP contribution in [-0.4, -0.2) is 37.7 Å². The Morgan fingerprint density at radius 3 is 2.43 bits per heavy atom. The Hall–Kier alpha value is -2.40. The van der Waals surface area contributed by atoms with Crippen LogP contribution in [0.25, 0.3) is 0 Å². The molecule has 0 saturated carbocycles. The molecule has 0 N–H and O–H groups in total. The molecule has 0 aromatic heterocycles. The first-order valence-corrected chi connectivity index (χ1v) is 10.7. The summed E-state index contributed by atoms with van der Waals surface area (Å²) < 4.78 is 17.0. The van der Waals surface area contributed by atoms with Crippen molar-refractivity contribution in [3.63, 3.8) is 0 Å². The maximum atomic E-state index is 12.8. The molecule has 0 aliphatic carbocycles. The first-order valence-electron chi connectivity index (χ1n) is 10.3. The number of halogens is 1. The van der Waals surface area contributed by atoms with E-state index in [1.165, 1.54) is 0 Å². The molecule has 2 aromatic rings. The molecule has 0 atom stereocenters. The predicted octanol–water partition coefficient (Wildman–Crippen LogP) is 5.51. The Balaban J connectivity index is 2.05. The zero-order chi connectivity index (χ0) is 22.1. The van der Waals surface area contributed by atoms with Crippen LogP contribution in [-0.2, 0) is 11.3 Å². The average molecular weight is 434 g/mol. The third-order valence-electron chi connectivity index (χ3n) is 4.51. The standard InChI is InChI=1S/C24H32ClNO4/c1-6-11-26(24(27)16-30-21-10-8-20(25)12-18(21)4)14-19-7-9-22(23(13-19)28-5)29-15-17(2)3/h7-10,12-13,17H,6,11,14-16H2,1-5H3. The van der Waals surface area contributed by atoms with Crippen molar-refractivity contribution in [1.82, 2.24) is 4.90 Å². The van der Waals surface area contributed by atoms with Gasteiger partial charge in [0.15, 0.2) is 18.1 Å². The van der Waals surface area contributed by atoms with Gasteiger partial charge in [0.05, 0.1) is 13.7 Å². The van der Waals surface area contributed by atoms with Gasteiger partial charge in [0.1, 0.15) is 5.75 Å². The van der Waals surface area contributed by atoms with E-state index in [9.17, 15) is 4.79 Å². The lowest BCUT2D eigenvalue weighted by Gasteiger charge is -2.23. The molecule has 2 rings (SSSR count). The Morgan fingerprint density at radius 2 is 1.80 bits per heavy atom. The minimum absolute atomic E-state index is 0.0187. The van der Waals surface area contributed by atoms with Gasteiger partial charge in [-0.05, 0) is 60.7 Å². The number of methoxy groups -OCH3 is 1. The molecule has 0 aliphatic heterocycles. The number of rotatable bonds is 11. The van der Waals surface area contributed by atoms with Gasteiger partial charge in [-0.2, -0.15) is 0 Å². The van der Waals surface area contributed by atoms with Gasteiger partial charge in [0.2, 0.25) is 0 Å². The van der Waals surface area contributed by atoms with Crippen LogP contribution in [0.1, 0.15) is 38.3 Å². The highest BCUT2D eigenvalue weighted by molar-refractivity contribution is 6.30. The number of carbonyl (C=O) groups is 1. The molecular weight excluding hydrogens is 402 g/mol. The van der Waals surface area contributed by atoms with Crippen LogP contribution in [0, 0.1) is 12.8 Å². The van der Waals surface area contributed by atoms with E-state index in [4.69, 9.17) is 25.8 Å². The lowest BCUT2D eigenvalue weighted by atomic mass is 10.1. The second kappa shape index (κ2) is 11.7. The number of hydrogen-bond acceptors (Lipinski definition) is 4. The Bertz CT molecular complexity index is 838. The summed E-state index contributed by atoms with van der Waals surface area (Å²) in [5.41, 5.74) is 1.88. The monoisotopic (exact) mass is 433 g/mol. The van der Waals surface area contributed by atoms with Gasteiger partial charge in [-0.3, -0.25) is 4.79 Å². The molecule has 0 unspecified atom stereocenters. The molecule has 0 spiro atoms. The summed E-state index contributed by atoms with van der Waals surface area (Å²) in [6.07, 6.45) is 0.860. The fourth-order valence-electron chi connectivity index (χ4n) is 2.97. The van der Waals surface area contributed by atoms with Gasteiger partial charge in [0, 0.05) is 18.1 Å². The van der Waals surface area contributed by atoms with E-state index in [0.717, 1.165) is 17.5 Å². The van der Waals surface area contributed by atoms with Gasteiger partial charge in [-0.25, -0.2) is 0 Å². The van der Waals surface area contributed by atoms with Crippen molar-refractivity contribution < 1.29 is 19.0 Å². The minimum Gasteiger partial charge on any atom is -0.493 e. The fourth-order valence-corrected chi connectivity index (χ4v) is 3.20. The number of aryl methyl sites for hydroxylation is 1. The Labute approximate surface area is 184 Å². The lowest BCUT2D eigenvalue weighted by molar-refractivity contribution is -0.134. The zero-order valence-corrected chi connectivity index (χ0v) is 19.3. The quantitative estimate of drug-likeness (QED) is 0.468. The van der Waals surface area contributed by atoms with Crippen LogP contribution < -0.4 is 14.2 Å². The maximum absolute atomic E-state index is 12.8. The van der Waals surface area contributed by atoms with E-state index in [1.54, 1.807) is 24.1 Å². The van der Waals surface area contributed by atoms with Crippen molar-refractivity contribution in [2.75, 3.05) is 26.9 Å². The topological polar surface area (TPSA) is 48.0 Å². The van der Waals surface area contributed by atoms with Crippen LogP contribution in [0.5, 0.6) is 17.2 Å². The van der Waals surface area contributed by atoms with Crippen LogP contribution in [0.4, 0.5) is 0 Å². The first kappa shape index (κ1) is 23.9. The average Bonchev–Trinajstić information content (AvgIpc) is 2.71. The van der Waals surface area contributed by atoms with E-state index in [2.05, 4.69) is 13.8 Å². The smallest absolute Gasteiger partial charge is 0.260 e. The SMILES string of the molecule is CCCN(Cc1ccc(OCC(C)C)c(OC)c1)C(=O)COc1ccc(Cl)cc1C. The molecule has 30 heavy (non-hydrogen) atoms. The molecule has 0 fully saturated rings. The highest BCUT2D eigenvalue weighted by Crippen LogP contribution is 2.29. The van der Waals surface area contributed by atoms with Crippen LogP contribution in [0.15, 0.2) is 36.4 Å². The lowest BCUT2D eigenvalue weighted by Crippen LogP contribution is -2.35. The third-order valence-corrected chi connectivity index (χ3v) is 4.74. The summed E-state index contributed by atoms with van der Waals surface area (Å²) in [4.78, 5) is 14.6. The van der Waals surface area contributed by atoms with E-state index in [-0.39, 0.29) is 12.5 Å². The summed E-state index contributed by atoms with van der Waals surface area (Å²) in [6, 6.07) is 11.2. The van der Waals surface area contributed by atoms with Crippen LogP contribution in [0.3, 0.4) is 0 Å². The predicted molar refractivity (Wildman–Crippen MR) is 121 cm³/mol. The highest BCUT2D eigenvalue weighted by atomic mass is 35.5. The van der Waals surface area contributed by atoms with Gasteiger partial charge < -0.3 is 19.1 Å². The molecule has 1 amide bonds. The zero-order valence-electron chi connectivity index (χ0n) is 18.5. The number of ether oxygens (including phenoxy) is 3. The molecule has 5 nitrogen and oxygen atoms in total. The normalized spacial score (nSPS) is 10.8. The molecule has 0 heterocycles. The summed E-state index contributed by atoms with van der Waals surface area (Å²) >= 11 is 5.98. The Morgan fingerprint density at radius 1 is 1.07 bits per heavy atom. The second-order valence-corrected chi connectivity index (χ2v) is 8.14. The summed E-state index contributed by atoms with van der Waals surface area (Å²) in [5, 5.41) is 0.647.